The highest BCUT2D eigenvalue weighted by molar-refractivity contribution is 5.82. The van der Waals surface area contributed by atoms with Gasteiger partial charge in [-0.3, -0.25) is 4.79 Å². The Labute approximate surface area is 112 Å². The average molecular weight is 271 g/mol. The van der Waals surface area contributed by atoms with E-state index in [2.05, 4.69) is 5.32 Å². The lowest BCUT2D eigenvalue weighted by molar-refractivity contribution is -0.152. The van der Waals surface area contributed by atoms with Crippen LogP contribution in [0.3, 0.4) is 0 Å². The second-order valence-electron chi connectivity index (χ2n) is 5.37. The van der Waals surface area contributed by atoms with E-state index >= 15 is 0 Å². The molecule has 19 heavy (non-hydrogen) atoms. The number of hydrogen-bond donors (Lipinski definition) is 3. The van der Waals surface area contributed by atoms with Crippen molar-refractivity contribution in [2.24, 2.45) is 5.92 Å². The maximum absolute atomic E-state index is 12.0. The van der Waals surface area contributed by atoms with Gasteiger partial charge in [-0.2, -0.15) is 0 Å². The number of aliphatic hydroxyl groups excluding tert-OH is 1. The van der Waals surface area contributed by atoms with Gasteiger partial charge in [-0.15, -0.1) is 0 Å². The average Bonchev–Trinajstić information content (AvgIpc) is 2.89. The fourth-order valence-electron chi connectivity index (χ4n) is 2.90. The summed E-state index contributed by atoms with van der Waals surface area (Å²) < 4.78 is 5.22. The molecule has 2 fully saturated rings. The summed E-state index contributed by atoms with van der Waals surface area (Å²) in [6.45, 7) is 0.0776. The molecule has 1 heterocycles. The van der Waals surface area contributed by atoms with Crippen molar-refractivity contribution in [1.29, 1.82) is 0 Å². The first kappa shape index (κ1) is 14.3. The largest absolute Gasteiger partial charge is 0.479 e. The zero-order valence-electron chi connectivity index (χ0n) is 10.9. The van der Waals surface area contributed by atoms with Crippen LogP contribution in [0, 0.1) is 5.92 Å². The maximum atomic E-state index is 12.0. The van der Waals surface area contributed by atoms with Crippen LogP contribution in [0.25, 0.3) is 0 Å². The van der Waals surface area contributed by atoms with Crippen LogP contribution in [0.1, 0.15) is 38.5 Å². The van der Waals surface area contributed by atoms with E-state index in [0.29, 0.717) is 12.8 Å². The van der Waals surface area contributed by atoms with E-state index in [4.69, 9.17) is 9.84 Å². The SMILES string of the molecule is O=C(NC1CCCCC1CO)[C@@H]1CC[C@H](C(=O)O)O1. The van der Waals surface area contributed by atoms with Crippen LogP contribution in [-0.2, 0) is 14.3 Å². The third-order valence-electron chi connectivity index (χ3n) is 4.06. The molecule has 4 atom stereocenters. The van der Waals surface area contributed by atoms with Crippen LogP contribution < -0.4 is 5.32 Å². The minimum absolute atomic E-state index is 0.0151. The Hall–Kier alpha value is -1.14. The van der Waals surface area contributed by atoms with Crippen molar-refractivity contribution < 1.29 is 24.5 Å². The molecule has 108 valence electrons. The van der Waals surface area contributed by atoms with E-state index < -0.39 is 18.2 Å². The maximum Gasteiger partial charge on any atom is 0.332 e. The van der Waals surface area contributed by atoms with Crippen molar-refractivity contribution in [2.45, 2.75) is 56.8 Å². The molecule has 0 aromatic carbocycles. The predicted octanol–water partition coefficient (Wildman–Crippen LogP) is 0.286. The molecule has 0 spiro atoms. The number of nitrogens with one attached hydrogen (secondary N) is 1. The van der Waals surface area contributed by atoms with Gasteiger partial charge >= 0.3 is 5.97 Å². The van der Waals surface area contributed by atoms with Crippen LogP contribution >= 0.6 is 0 Å². The van der Waals surface area contributed by atoms with Crippen molar-refractivity contribution in [3.05, 3.63) is 0 Å². The summed E-state index contributed by atoms with van der Waals surface area (Å²) in [7, 11) is 0. The summed E-state index contributed by atoms with van der Waals surface area (Å²) >= 11 is 0. The van der Waals surface area contributed by atoms with Crippen LogP contribution in [0.5, 0.6) is 0 Å². The summed E-state index contributed by atoms with van der Waals surface area (Å²) in [4.78, 5) is 22.8. The topological polar surface area (TPSA) is 95.9 Å². The first-order valence-electron chi connectivity index (χ1n) is 6.91. The molecule has 1 aliphatic heterocycles. The standard InChI is InChI=1S/C13H21NO5/c15-7-8-3-1-2-4-9(8)14-12(16)10-5-6-11(19-10)13(17)18/h8-11,15H,1-7H2,(H,14,16)(H,17,18)/t8?,9?,10-,11+/m0/s1. The Morgan fingerprint density at radius 3 is 2.42 bits per heavy atom. The number of aliphatic hydroxyl groups is 1. The van der Waals surface area contributed by atoms with Crippen molar-refractivity contribution >= 4 is 11.9 Å². The molecule has 1 aliphatic carbocycles. The molecule has 0 radical (unpaired) electrons. The molecule has 0 bridgehead atoms. The van der Waals surface area contributed by atoms with E-state index in [-0.39, 0.29) is 24.5 Å². The number of amides is 1. The van der Waals surface area contributed by atoms with Gasteiger partial charge in [0, 0.05) is 18.6 Å². The Morgan fingerprint density at radius 1 is 1.11 bits per heavy atom. The molecule has 6 nitrogen and oxygen atoms in total. The van der Waals surface area contributed by atoms with Crippen molar-refractivity contribution in [1.82, 2.24) is 5.32 Å². The van der Waals surface area contributed by atoms with Crippen molar-refractivity contribution in [3.63, 3.8) is 0 Å². The molecule has 2 aliphatic rings. The Balaban J connectivity index is 1.85. The summed E-state index contributed by atoms with van der Waals surface area (Å²) in [6.07, 6.45) is 3.21. The number of carbonyl (C=O) groups is 2. The van der Waals surface area contributed by atoms with Gasteiger partial charge in [-0.25, -0.2) is 4.79 Å². The Bertz CT molecular complexity index is 346. The molecule has 1 saturated carbocycles. The zero-order chi connectivity index (χ0) is 13.8. The van der Waals surface area contributed by atoms with Gasteiger partial charge in [-0.05, 0) is 25.7 Å². The summed E-state index contributed by atoms with van der Waals surface area (Å²) in [5.74, 6) is -1.15. The van der Waals surface area contributed by atoms with Gasteiger partial charge in [0.05, 0.1) is 0 Å². The molecule has 2 rings (SSSR count). The van der Waals surface area contributed by atoms with Gasteiger partial charge < -0.3 is 20.3 Å². The fraction of sp³-hybridized carbons (Fsp3) is 0.846. The Kier molecular flexibility index (Phi) is 4.76. The van der Waals surface area contributed by atoms with Gasteiger partial charge in [0.25, 0.3) is 0 Å². The highest BCUT2D eigenvalue weighted by Gasteiger charge is 2.36. The normalized spacial score (nSPS) is 35.0. The van der Waals surface area contributed by atoms with E-state index in [0.717, 1.165) is 25.7 Å². The molecular formula is C13H21NO5. The number of hydrogen-bond acceptors (Lipinski definition) is 4. The summed E-state index contributed by atoms with van der Waals surface area (Å²) in [6, 6.07) is -0.0151. The molecular weight excluding hydrogens is 250 g/mol. The fourth-order valence-corrected chi connectivity index (χ4v) is 2.90. The number of ether oxygens (including phenoxy) is 1. The van der Waals surface area contributed by atoms with Crippen LogP contribution in [0.15, 0.2) is 0 Å². The predicted molar refractivity (Wildman–Crippen MR) is 66.5 cm³/mol. The van der Waals surface area contributed by atoms with E-state index in [9.17, 15) is 14.7 Å². The number of carboxylic acid groups (broad SMARTS) is 1. The number of rotatable bonds is 4. The first-order valence-corrected chi connectivity index (χ1v) is 6.91. The van der Waals surface area contributed by atoms with Gasteiger partial charge in [0.15, 0.2) is 6.10 Å². The van der Waals surface area contributed by atoms with E-state index in [1.54, 1.807) is 0 Å². The van der Waals surface area contributed by atoms with Crippen LogP contribution in [0.4, 0.5) is 0 Å². The smallest absolute Gasteiger partial charge is 0.332 e. The number of aliphatic carboxylic acids is 1. The molecule has 1 amide bonds. The van der Waals surface area contributed by atoms with Gasteiger partial charge in [0.2, 0.25) is 5.91 Å². The molecule has 2 unspecified atom stereocenters. The Morgan fingerprint density at radius 2 is 1.79 bits per heavy atom. The molecule has 0 aromatic heterocycles. The minimum atomic E-state index is -1.01. The first-order chi connectivity index (χ1) is 9.11. The van der Waals surface area contributed by atoms with E-state index in [1.165, 1.54) is 0 Å². The molecule has 3 N–H and O–H groups in total. The third-order valence-corrected chi connectivity index (χ3v) is 4.06. The zero-order valence-corrected chi connectivity index (χ0v) is 10.9. The number of carboxylic acids is 1. The molecule has 1 saturated heterocycles. The highest BCUT2D eigenvalue weighted by Crippen LogP contribution is 2.25. The summed E-state index contributed by atoms with van der Waals surface area (Å²) in [5.41, 5.74) is 0. The van der Waals surface area contributed by atoms with Crippen LogP contribution in [-0.4, -0.2) is 46.9 Å². The second-order valence-corrected chi connectivity index (χ2v) is 5.37. The second kappa shape index (κ2) is 6.34. The minimum Gasteiger partial charge on any atom is -0.479 e. The van der Waals surface area contributed by atoms with Crippen molar-refractivity contribution in [2.75, 3.05) is 6.61 Å². The number of carbonyl (C=O) groups excluding carboxylic acids is 1. The third kappa shape index (κ3) is 3.45. The van der Waals surface area contributed by atoms with Crippen LogP contribution in [0.2, 0.25) is 0 Å². The van der Waals surface area contributed by atoms with E-state index in [1.807, 2.05) is 0 Å². The monoisotopic (exact) mass is 271 g/mol. The lowest BCUT2D eigenvalue weighted by Gasteiger charge is -2.31. The highest BCUT2D eigenvalue weighted by atomic mass is 16.5. The quantitative estimate of drug-likeness (QED) is 0.683. The summed E-state index contributed by atoms with van der Waals surface area (Å²) in [5, 5.41) is 21.0. The van der Waals surface area contributed by atoms with Crippen molar-refractivity contribution in [3.8, 4) is 0 Å². The molecule has 0 aromatic rings. The lowest BCUT2D eigenvalue weighted by Crippen LogP contribution is -2.47. The van der Waals surface area contributed by atoms with Gasteiger partial charge in [0.1, 0.15) is 6.10 Å². The lowest BCUT2D eigenvalue weighted by atomic mass is 9.85. The van der Waals surface area contributed by atoms with Gasteiger partial charge in [-0.1, -0.05) is 12.8 Å². The molecule has 6 heteroatoms.